The van der Waals surface area contributed by atoms with E-state index in [-0.39, 0.29) is 12.0 Å². The number of aromatic nitrogens is 1. The van der Waals surface area contributed by atoms with Crippen LogP contribution in [-0.4, -0.2) is 60.1 Å². The normalized spacial score (nSPS) is 13.9. The molecule has 1 aliphatic heterocycles. The summed E-state index contributed by atoms with van der Waals surface area (Å²) in [7, 11) is 1.37. The van der Waals surface area contributed by atoms with E-state index in [9.17, 15) is 9.59 Å². The molecule has 8 nitrogen and oxygen atoms in total. The molecule has 0 saturated carbocycles. The summed E-state index contributed by atoms with van der Waals surface area (Å²) in [6.45, 7) is 4.07. The van der Waals surface area contributed by atoms with E-state index in [2.05, 4.69) is 21.3 Å². The largest absolute Gasteiger partial charge is 0.489 e. The van der Waals surface area contributed by atoms with E-state index in [1.54, 1.807) is 30.6 Å². The second-order valence-corrected chi connectivity index (χ2v) is 8.06. The number of esters is 1. The van der Waals surface area contributed by atoms with Crippen LogP contribution in [0.25, 0.3) is 0 Å². The van der Waals surface area contributed by atoms with Gasteiger partial charge in [-0.25, -0.2) is 9.59 Å². The number of carbonyl (C=O) groups is 2. The zero-order valence-electron chi connectivity index (χ0n) is 19.1. The van der Waals surface area contributed by atoms with Crippen LogP contribution in [0.1, 0.15) is 21.5 Å². The van der Waals surface area contributed by atoms with Crippen LogP contribution in [0.3, 0.4) is 0 Å². The first-order valence-corrected chi connectivity index (χ1v) is 11.2. The number of rotatable bonds is 7. The van der Waals surface area contributed by atoms with Gasteiger partial charge in [-0.2, -0.15) is 0 Å². The number of pyridine rings is 1. The Kier molecular flexibility index (Phi) is 7.72. The fourth-order valence-electron chi connectivity index (χ4n) is 3.81. The second-order valence-electron chi connectivity index (χ2n) is 8.06. The standard InChI is InChI=1S/C26H28N4O4/c1-33-25(31)22-7-2-6-21(15-22)19-34-24-9-3-5-20(16-24)18-29-11-13-30(14-12-29)26(32)28-23-8-4-10-27-17-23/h2-10,15-17H,11-14,18-19H2,1H3,(H,28,32). The van der Waals surface area contributed by atoms with E-state index in [1.165, 1.54) is 7.11 Å². The molecule has 176 valence electrons. The van der Waals surface area contributed by atoms with Gasteiger partial charge in [0.05, 0.1) is 24.6 Å². The van der Waals surface area contributed by atoms with Gasteiger partial charge in [-0.1, -0.05) is 24.3 Å². The number of nitrogens with zero attached hydrogens (tertiary/aromatic N) is 3. The summed E-state index contributed by atoms with van der Waals surface area (Å²) in [6.07, 6.45) is 3.32. The van der Waals surface area contributed by atoms with Crippen LogP contribution in [0, 0.1) is 0 Å². The molecule has 0 bridgehead atoms. The minimum Gasteiger partial charge on any atom is -0.489 e. The third-order valence-corrected chi connectivity index (χ3v) is 5.63. The zero-order valence-corrected chi connectivity index (χ0v) is 19.1. The number of amides is 2. The van der Waals surface area contributed by atoms with Crippen LogP contribution in [0.4, 0.5) is 10.5 Å². The molecular formula is C26H28N4O4. The van der Waals surface area contributed by atoms with Crippen LogP contribution in [-0.2, 0) is 17.9 Å². The molecule has 34 heavy (non-hydrogen) atoms. The van der Waals surface area contributed by atoms with Gasteiger partial charge in [0.2, 0.25) is 0 Å². The Bertz CT molecular complexity index is 1110. The summed E-state index contributed by atoms with van der Waals surface area (Å²) in [5.74, 6) is 0.411. The van der Waals surface area contributed by atoms with Gasteiger partial charge in [0.1, 0.15) is 12.4 Å². The van der Waals surface area contributed by atoms with Crippen molar-refractivity contribution in [2.24, 2.45) is 0 Å². The predicted molar refractivity (Wildman–Crippen MR) is 129 cm³/mol. The smallest absolute Gasteiger partial charge is 0.337 e. The topological polar surface area (TPSA) is 84.0 Å². The molecule has 2 amide bonds. The lowest BCUT2D eigenvalue weighted by Crippen LogP contribution is -2.49. The van der Waals surface area contributed by atoms with E-state index in [0.29, 0.717) is 30.9 Å². The van der Waals surface area contributed by atoms with Crippen LogP contribution in [0.15, 0.2) is 73.1 Å². The van der Waals surface area contributed by atoms with Crippen molar-refractivity contribution < 1.29 is 19.1 Å². The third-order valence-electron chi connectivity index (χ3n) is 5.63. The number of methoxy groups -OCH3 is 1. The van der Waals surface area contributed by atoms with Crippen molar-refractivity contribution in [2.45, 2.75) is 13.2 Å². The molecule has 4 rings (SSSR count). The lowest BCUT2D eigenvalue weighted by Gasteiger charge is -2.34. The predicted octanol–water partition coefficient (Wildman–Crippen LogP) is 3.80. The Labute approximate surface area is 199 Å². The van der Waals surface area contributed by atoms with Gasteiger partial charge in [-0.15, -0.1) is 0 Å². The van der Waals surface area contributed by atoms with Crippen molar-refractivity contribution in [1.29, 1.82) is 0 Å². The van der Waals surface area contributed by atoms with Crippen molar-refractivity contribution in [3.05, 3.63) is 89.7 Å². The fourth-order valence-corrected chi connectivity index (χ4v) is 3.81. The van der Waals surface area contributed by atoms with Crippen LogP contribution < -0.4 is 10.1 Å². The van der Waals surface area contributed by atoms with Gasteiger partial charge in [0.15, 0.2) is 0 Å². The van der Waals surface area contributed by atoms with Gasteiger partial charge >= 0.3 is 12.0 Å². The summed E-state index contributed by atoms with van der Waals surface area (Å²) in [5, 5.41) is 2.89. The highest BCUT2D eigenvalue weighted by Gasteiger charge is 2.21. The van der Waals surface area contributed by atoms with E-state index < -0.39 is 0 Å². The summed E-state index contributed by atoms with van der Waals surface area (Å²) < 4.78 is 10.7. The molecule has 0 radical (unpaired) electrons. The number of piperazine rings is 1. The highest BCUT2D eigenvalue weighted by molar-refractivity contribution is 5.89. The molecule has 2 aromatic carbocycles. The van der Waals surface area contributed by atoms with Gasteiger partial charge in [0.25, 0.3) is 0 Å². The molecule has 1 saturated heterocycles. The number of carbonyl (C=O) groups excluding carboxylic acids is 2. The number of anilines is 1. The number of benzene rings is 2. The van der Waals surface area contributed by atoms with Gasteiger partial charge in [0, 0.05) is 38.9 Å². The highest BCUT2D eigenvalue weighted by Crippen LogP contribution is 2.18. The molecule has 1 fully saturated rings. The summed E-state index contributed by atoms with van der Waals surface area (Å²) in [6, 6.07) is 18.8. The maximum absolute atomic E-state index is 12.5. The molecule has 3 aromatic rings. The summed E-state index contributed by atoms with van der Waals surface area (Å²) in [5.41, 5.74) is 3.25. The number of urea groups is 1. The molecule has 1 aromatic heterocycles. The number of hydrogen-bond acceptors (Lipinski definition) is 6. The average molecular weight is 461 g/mol. The molecule has 1 aliphatic rings. The molecule has 0 spiro atoms. The van der Waals surface area contributed by atoms with Gasteiger partial charge in [-0.3, -0.25) is 9.88 Å². The van der Waals surface area contributed by atoms with Crippen molar-refractivity contribution in [3.8, 4) is 5.75 Å². The molecule has 2 heterocycles. The molecule has 0 aliphatic carbocycles. The lowest BCUT2D eigenvalue weighted by molar-refractivity contribution is 0.0600. The van der Waals surface area contributed by atoms with Crippen molar-refractivity contribution >= 4 is 17.7 Å². The van der Waals surface area contributed by atoms with E-state index in [4.69, 9.17) is 9.47 Å². The Balaban J connectivity index is 1.26. The monoisotopic (exact) mass is 460 g/mol. The Hall–Kier alpha value is -3.91. The fraction of sp³-hybridized carbons (Fsp3) is 0.269. The Morgan fingerprint density at radius 3 is 2.53 bits per heavy atom. The highest BCUT2D eigenvalue weighted by atomic mass is 16.5. The van der Waals surface area contributed by atoms with Crippen molar-refractivity contribution in [2.75, 3.05) is 38.6 Å². The minimum absolute atomic E-state index is 0.0979. The molecular weight excluding hydrogens is 432 g/mol. The van der Waals surface area contributed by atoms with Crippen molar-refractivity contribution in [1.82, 2.24) is 14.8 Å². The maximum atomic E-state index is 12.5. The van der Waals surface area contributed by atoms with Gasteiger partial charge in [-0.05, 0) is 47.5 Å². The minimum atomic E-state index is -0.363. The van der Waals surface area contributed by atoms with Crippen LogP contribution >= 0.6 is 0 Å². The van der Waals surface area contributed by atoms with Crippen LogP contribution in [0.2, 0.25) is 0 Å². The van der Waals surface area contributed by atoms with Gasteiger partial charge < -0.3 is 19.7 Å². The number of ether oxygens (including phenoxy) is 2. The number of hydrogen-bond donors (Lipinski definition) is 1. The first kappa shape index (κ1) is 23.3. The third kappa shape index (κ3) is 6.32. The zero-order chi connectivity index (χ0) is 23.8. The van der Waals surface area contributed by atoms with Crippen LogP contribution in [0.5, 0.6) is 5.75 Å². The first-order chi connectivity index (χ1) is 16.6. The number of nitrogens with one attached hydrogen (secondary N) is 1. The molecule has 1 N–H and O–H groups in total. The van der Waals surface area contributed by atoms with Crippen molar-refractivity contribution in [3.63, 3.8) is 0 Å². The second kappa shape index (κ2) is 11.3. The lowest BCUT2D eigenvalue weighted by atomic mass is 10.1. The quantitative estimate of drug-likeness (QED) is 0.540. The Morgan fingerprint density at radius 1 is 0.971 bits per heavy atom. The Morgan fingerprint density at radius 2 is 1.76 bits per heavy atom. The summed E-state index contributed by atoms with van der Waals surface area (Å²) in [4.78, 5) is 32.4. The SMILES string of the molecule is COC(=O)c1cccc(COc2cccc(CN3CCN(C(=O)Nc4cccnc4)CC3)c2)c1. The molecule has 0 atom stereocenters. The maximum Gasteiger partial charge on any atom is 0.337 e. The van der Waals surface area contributed by atoms with E-state index in [1.807, 2.05) is 41.3 Å². The van der Waals surface area contributed by atoms with E-state index in [0.717, 1.165) is 36.5 Å². The molecule has 8 heteroatoms. The summed E-state index contributed by atoms with van der Waals surface area (Å²) >= 11 is 0. The van der Waals surface area contributed by atoms with E-state index >= 15 is 0 Å². The molecule has 0 unspecified atom stereocenters. The first-order valence-electron chi connectivity index (χ1n) is 11.2. The average Bonchev–Trinajstić information content (AvgIpc) is 2.88.